The molecule has 0 aromatic carbocycles. The predicted octanol–water partition coefficient (Wildman–Crippen LogP) is 1.77. The topological polar surface area (TPSA) is 65.4 Å². The third-order valence-corrected chi connectivity index (χ3v) is 4.62. The van der Waals surface area contributed by atoms with E-state index in [0.29, 0.717) is 23.7 Å². The number of amides is 1. The van der Waals surface area contributed by atoms with Crippen molar-refractivity contribution in [1.29, 1.82) is 5.26 Å². The van der Waals surface area contributed by atoms with Crippen LogP contribution in [0.5, 0.6) is 0 Å². The van der Waals surface area contributed by atoms with E-state index in [9.17, 15) is 10.1 Å². The van der Waals surface area contributed by atoms with Crippen molar-refractivity contribution in [2.45, 2.75) is 19.8 Å². The van der Waals surface area contributed by atoms with Crippen molar-refractivity contribution >= 4 is 22.2 Å². The van der Waals surface area contributed by atoms with E-state index in [1.165, 1.54) is 11.3 Å². The van der Waals surface area contributed by atoms with Gasteiger partial charge < -0.3 is 15.0 Å². The molecular formula is C14H19N3O2S. The minimum atomic E-state index is -0.102. The Labute approximate surface area is 123 Å². The van der Waals surface area contributed by atoms with E-state index in [2.05, 4.69) is 23.2 Å². The summed E-state index contributed by atoms with van der Waals surface area (Å²) >= 11 is 1.43. The number of hydrogen-bond acceptors (Lipinski definition) is 5. The molecule has 0 aliphatic carbocycles. The molecule has 1 aliphatic rings. The fourth-order valence-corrected chi connectivity index (χ4v) is 3.64. The van der Waals surface area contributed by atoms with Crippen LogP contribution in [0.3, 0.4) is 0 Å². The summed E-state index contributed by atoms with van der Waals surface area (Å²) < 4.78 is 5.35. The molecule has 2 rings (SSSR count). The lowest BCUT2D eigenvalue weighted by atomic mass is 10.1. The normalized spacial score (nSPS) is 14.9. The quantitative estimate of drug-likeness (QED) is 0.919. The number of nitrogens with zero attached hydrogens (tertiary/aromatic N) is 2. The lowest BCUT2D eigenvalue weighted by Gasteiger charge is -2.27. The van der Waals surface area contributed by atoms with E-state index >= 15 is 0 Å². The van der Waals surface area contributed by atoms with Crippen LogP contribution in [0.2, 0.25) is 0 Å². The zero-order valence-corrected chi connectivity index (χ0v) is 12.7. The van der Waals surface area contributed by atoms with Crippen LogP contribution in [-0.4, -0.2) is 39.3 Å². The van der Waals surface area contributed by atoms with Crippen LogP contribution in [-0.2, 0) is 11.2 Å². The van der Waals surface area contributed by atoms with Gasteiger partial charge in [0, 0.05) is 20.1 Å². The first-order chi connectivity index (χ1) is 9.72. The molecular weight excluding hydrogens is 274 g/mol. The number of carbonyl (C=O) groups is 1. The van der Waals surface area contributed by atoms with Crippen molar-refractivity contribution in [3.8, 4) is 6.07 Å². The van der Waals surface area contributed by atoms with Gasteiger partial charge in [-0.2, -0.15) is 5.26 Å². The first-order valence-electron chi connectivity index (χ1n) is 6.83. The summed E-state index contributed by atoms with van der Waals surface area (Å²) in [5, 5.41) is 13.1. The fourth-order valence-electron chi connectivity index (χ4n) is 2.34. The molecule has 0 bridgehead atoms. The van der Waals surface area contributed by atoms with Gasteiger partial charge in [-0.25, -0.2) is 0 Å². The van der Waals surface area contributed by atoms with Crippen molar-refractivity contribution < 1.29 is 9.53 Å². The summed E-state index contributed by atoms with van der Waals surface area (Å²) in [6.45, 7) is 4.94. The first kappa shape index (κ1) is 14.8. The van der Waals surface area contributed by atoms with Crippen molar-refractivity contribution in [2.24, 2.45) is 0 Å². The average molecular weight is 293 g/mol. The van der Waals surface area contributed by atoms with Crippen molar-refractivity contribution in [2.75, 3.05) is 38.3 Å². The van der Waals surface area contributed by atoms with Crippen LogP contribution < -0.4 is 10.2 Å². The molecule has 1 N–H and O–H groups in total. The van der Waals surface area contributed by atoms with Gasteiger partial charge in [0.05, 0.1) is 23.7 Å². The zero-order valence-electron chi connectivity index (χ0n) is 11.9. The standard InChI is InChI=1S/C14H19N3O2S/c1-3-4-10-11(9-15)14(17-5-7-19-8-6-17)20-12(10)13(18)16-2/h3-8H2,1-2H3,(H,16,18). The molecule has 1 fully saturated rings. The lowest BCUT2D eigenvalue weighted by Crippen LogP contribution is -2.36. The predicted molar refractivity (Wildman–Crippen MR) is 79.5 cm³/mol. The molecule has 0 atom stereocenters. The third-order valence-electron chi connectivity index (χ3n) is 3.33. The van der Waals surface area contributed by atoms with Crippen LogP contribution in [0.15, 0.2) is 0 Å². The van der Waals surface area contributed by atoms with E-state index in [-0.39, 0.29) is 5.91 Å². The zero-order chi connectivity index (χ0) is 14.5. The molecule has 1 saturated heterocycles. The van der Waals surface area contributed by atoms with Gasteiger partial charge in [0.2, 0.25) is 0 Å². The lowest BCUT2D eigenvalue weighted by molar-refractivity contribution is 0.0966. The van der Waals surface area contributed by atoms with Gasteiger partial charge in [0.1, 0.15) is 11.1 Å². The highest BCUT2D eigenvalue weighted by Crippen LogP contribution is 2.37. The summed E-state index contributed by atoms with van der Waals surface area (Å²) in [5.41, 5.74) is 1.55. The number of nitrogens with one attached hydrogen (secondary N) is 1. The number of rotatable bonds is 4. The SMILES string of the molecule is CCCc1c(C(=O)NC)sc(N2CCOCC2)c1C#N. The second-order valence-electron chi connectivity index (χ2n) is 4.63. The second-order valence-corrected chi connectivity index (χ2v) is 5.63. The van der Waals surface area contributed by atoms with Gasteiger partial charge in [0.25, 0.3) is 5.91 Å². The van der Waals surface area contributed by atoms with E-state index in [1.807, 2.05) is 0 Å². The number of hydrogen-bond donors (Lipinski definition) is 1. The highest BCUT2D eigenvalue weighted by molar-refractivity contribution is 7.18. The molecule has 0 radical (unpaired) electrons. The van der Waals surface area contributed by atoms with Crippen molar-refractivity contribution in [3.05, 3.63) is 16.0 Å². The van der Waals surface area contributed by atoms with Gasteiger partial charge in [-0.3, -0.25) is 4.79 Å². The average Bonchev–Trinajstić information content (AvgIpc) is 2.86. The maximum absolute atomic E-state index is 12.0. The molecule has 0 spiro atoms. The van der Waals surface area contributed by atoms with E-state index < -0.39 is 0 Å². The molecule has 2 heterocycles. The van der Waals surface area contributed by atoms with Gasteiger partial charge in [-0.15, -0.1) is 11.3 Å². The molecule has 1 aromatic heterocycles. The Morgan fingerprint density at radius 2 is 2.20 bits per heavy atom. The first-order valence-corrected chi connectivity index (χ1v) is 7.65. The second kappa shape index (κ2) is 6.73. The summed E-state index contributed by atoms with van der Waals surface area (Å²) in [6.07, 6.45) is 1.67. The van der Waals surface area contributed by atoms with Crippen LogP contribution in [0, 0.1) is 11.3 Å². The highest BCUT2D eigenvalue weighted by atomic mass is 32.1. The van der Waals surface area contributed by atoms with Crippen LogP contribution >= 0.6 is 11.3 Å². The maximum Gasteiger partial charge on any atom is 0.261 e. The van der Waals surface area contributed by atoms with E-state index in [4.69, 9.17) is 4.74 Å². The summed E-state index contributed by atoms with van der Waals surface area (Å²) in [4.78, 5) is 14.8. The van der Waals surface area contributed by atoms with Crippen LogP contribution in [0.1, 0.15) is 34.1 Å². The van der Waals surface area contributed by atoms with Gasteiger partial charge >= 0.3 is 0 Å². The van der Waals surface area contributed by atoms with E-state index in [1.54, 1.807) is 7.05 Å². The number of ether oxygens (including phenoxy) is 1. The number of thiophene rings is 1. The maximum atomic E-state index is 12.0. The largest absolute Gasteiger partial charge is 0.378 e. The Hall–Kier alpha value is -1.58. The summed E-state index contributed by atoms with van der Waals surface area (Å²) in [5.74, 6) is -0.102. The Kier molecular flexibility index (Phi) is 4.99. The molecule has 0 saturated carbocycles. The fraction of sp³-hybridized carbons (Fsp3) is 0.571. The minimum absolute atomic E-state index is 0.102. The van der Waals surface area contributed by atoms with Gasteiger partial charge in [-0.05, 0) is 12.0 Å². The van der Waals surface area contributed by atoms with Crippen LogP contribution in [0.4, 0.5) is 5.00 Å². The van der Waals surface area contributed by atoms with Crippen molar-refractivity contribution in [1.82, 2.24) is 5.32 Å². The highest BCUT2D eigenvalue weighted by Gasteiger charge is 2.25. The third kappa shape index (κ3) is 2.79. The minimum Gasteiger partial charge on any atom is -0.378 e. The number of carbonyl (C=O) groups excluding carboxylic acids is 1. The smallest absolute Gasteiger partial charge is 0.261 e. The Morgan fingerprint density at radius 1 is 1.50 bits per heavy atom. The Bertz CT molecular complexity index is 527. The molecule has 6 heteroatoms. The molecule has 108 valence electrons. The van der Waals surface area contributed by atoms with Crippen LogP contribution in [0.25, 0.3) is 0 Å². The molecule has 1 aliphatic heterocycles. The molecule has 20 heavy (non-hydrogen) atoms. The number of nitriles is 1. The van der Waals surface area contributed by atoms with E-state index in [0.717, 1.165) is 36.5 Å². The summed E-state index contributed by atoms with van der Waals surface area (Å²) in [6, 6.07) is 2.29. The Balaban J connectivity index is 2.45. The van der Waals surface area contributed by atoms with Gasteiger partial charge in [0.15, 0.2) is 0 Å². The van der Waals surface area contributed by atoms with Crippen molar-refractivity contribution in [3.63, 3.8) is 0 Å². The van der Waals surface area contributed by atoms with Gasteiger partial charge in [-0.1, -0.05) is 13.3 Å². The Morgan fingerprint density at radius 3 is 2.75 bits per heavy atom. The molecule has 1 amide bonds. The monoisotopic (exact) mass is 293 g/mol. The summed E-state index contributed by atoms with van der Waals surface area (Å²) in [7, 11) is 1.62. The number of anilines is 1. The molecule has 5 nitrogen and oxygen atoms in total. The molecule has 1 aromatic rings. The number of morpholine rings is 1. The molecule has 0 unspecified atom stereocenters.